The third-order valence-electron chi connectivity index (χ3n) is 11.3. The van der Waals surface area contributed by atoms with Crippen molar-refractivity contribution in [3.63, 3.8) is 0 Å². The number of nitrogens with one attached hydrogen (secondary N) is 4. The summed E-state index contributed by atoms with van der Waals surface area (Å²) < 4.78 is 5.95. The van der Waals surface area contributed by atoms with Crippen LogP contribution in [-0.4, -0.2) is 118 Å². The average Bonchev–Trinajstić information content (AvgIpc) is 3.84. The minimum Gasteiger partial charge on any atom is -0.458 e. The first-order chi connectivity index (χ1) is 26.8. The van der Waals surface area contributed by atoms with Gasteiger partial charge in [0.15, 0.2) is 0 Å². The minimum atomic E-state index is -1.46. The molecular formula is C41H53N7O8. The Morgan fingerprint density at radius 2 is 1.48 bits per heavy atom. The van der Waals surface area contributed by atoms with E-state index in [-0.39, 0.29) is 31.3 Å². The third-order valence-corrected chi connectivity index (χ3v) is 11.3. The van der Waals surface area contributed by atoms with Crippen LogP contribution in [0.4, 0.5) is 10.5 Å². The van der Waals surface area contributed by atoms with E-state index < -0.39 is 78.0 Å². The number of fused-ring (bicyclic) bond motifs is 3. The van der Waals surface area contributed by atoms with Crippen LogP contribution in [0.15, 0.2) is 54.6 Å². The highest BCUT2D eigenvalue weighted by molar-refractivity contribution is 5.98. The van der Waals surface area contributed by atoms with Crippen LogP contribution < -0.4 is 21.3 Å². The molecule has 2 aromatic rings. The van der Waals surface area contributed by atoms with Crippen LogP contribution in [0.25, 0.3) is 0 Å². The number of nitrogens with zero attached hydrogens (tertiary/aromatic N) is 3. The summed E-state index contributed by atoms with van der Waals surface area (Å²) in [7, 11) is 0. The zero-order valence-electron chi connectivity index (χ0n) is 32.5. The lowest BCUT2D eigenvalue weighted by Crippen LogP contribution is -2.63. The Morgan fingerprint density at radius 1 is 0.804 bits per heavy atom. The molecule has 0 spiro atoms. The van der Waals surface area contributed by atoms with E-state index in [1.165, 1.54) is 21.6 Å². The second-order valence-electron chi connectivity index (χ2n) is 15.6. The number of cyclic esters (lactones) is 1. The molecule has 0 saturated carbocycles. The van der Waals surface area contributed by atoms with Gasteiger partial charge in [0.2, 0.25) is 29.5 Å². The van der Waals surface area contributed by atoms with E-state index in [2.05, 4.69) is 21.3 Å². The molecule has 4 N–H and O–H groups in total. The maximum absolute atomic E-state index is 14.7. The first-order valence-electron chi connectivity index (χ1n) is 19.7. The number of hydrogen-bond acceptors (Lipinski definition) is 8. The van der Waals surface area contributed by atoms with Crippen molar-refractivity contribution in [1.82, 2.24) is 30.7 Å². The molecule has 0 bridgehead atoms. The molecule has 4 aliphatic rings. The smallest absolute Gasteiger partial charge is 0.329 e. The van der Waals surface area contributed by atoms with Crippen LogP contribution in [0.1, 0.15) is 70.4 Å². The van der Waals surface area contributed by atoms with Crippen molar-refractivity contribution in [1.29, 1.82) is 0 Å². The van der Waals surface area contributed by atoms with Gasteiger partial charge in [0.05, 0.1) is 0 Å². The van der Waals surface area contributed by atoms with Gasteiger partial charge in [0, 0.05) is 31.7 Å². The number of esters is 1. The summed E-state index contributed by atoms with van der Waals surface area (Å²) in [6, 6.07) is 9.24. The summed E-state index contributed by atoms with van der Waals surface area (Å²) in [5, 5.41) is 11.1. The summed E-state index contributed by atoms with van der Waals surface area (Å²) in [5.41, 5.74) is 2.26. The van der Waals surface area contributed by atoms with Gasteiger partial charge in [-0.3, -0.25) is 24.0 Å². The first kappa shape index (κ1) is 40.2. The van der Waals surface area contributed by atoms with E-state index in [1.807, 2.05) is 56.3 Å². The third kappa shape index (κ3) is 9.14. The monoisotopic (exact) mass is 771 g/mol. The van der Waals surface area contributed by atoms with Crippen LogP contribution in [-0.2, 0) is 39.9 Å². The lowest BCUT2D eigenvalue weighted by Gasteiger charge is -2.39. The van der Waals surface area contributed by atoms with E-state index in [0.29, 0.717) is 50.8 Å². The summed E-state index contributed by atoms with van der Waals surface area (Å²) >= 11 is 0. The molecule has 0 aliphatic carbocycles. The van der Waals surface area contributed by atoms with Crippen LogP contribution in [0.5, 0.6) is 0 Å². The lowest BCUT2D eigenvalue weighted by molar-refractivity contribution is -0.163. The fourth-order valence-corrected chi connectivity index (χ4v) is 8.24. The number of benzene rings is 2. The predicted octanol–water partition coefficient (Wildman–Crippen LogP) is 2.27. The van der Waals surface area contributed by atoms with Gasteiger partial charge >= 0.3 is 12.0 Å². The molecule has 4 aliphatic heterocycles. The van der Waals surface area contributed by atoms with E-state index in [9.17, 15) is 33.6 Å². The Hall–Kier alpha value is -5.47. The van der Waals surface area contributed by atoms with E-state index >= 15 is 0 Å². The molecule has 15 heteroatoms. The lowest BCUT2D eigenvalue weighted by atomic mass is 9.99. The normalized spacial score (nSPS) is 28.0. The van der Waals surface area contributed by atoms with E-state index in [0.717, 1.165) is 11.1 Å². The number of urea groups is 1. The Kier molecular flexibility index (Phi) is 12.6. The van der Waals surface area contributed by atoms with E-state index in [1.54, 1.807) is 19.1 Å². The Labute approximate surface area is 327 Å². The van der Waals surface area contributed by atoms with Crippen molar-refractivity contribution in [2.24, 2.45) is 5.92 Å². The summed E-state index contributed by atoms with van der Waals surface area (Å²) in [5.74, 6) is -3.46. The zero-order chi connectivity index (χ0) is 40.1. The number of ether oxygens (including phenoxy) is 1. The van der Waals surface area contributed by atoms with Crippen LogP contribution in [0, 0.1) is 12.8 Å². The Morgan fingerprint density at radius 3 is 2.21 bits per heavy atom. The van der Waals surface area contributed by atoms with Gasteiger partial charge in [-0.2, -0.15) is 0 Å². The molecule has 0 radical (unpaired) electrons. The van der Waals surface area contributed by atoms with Gasteiger partial charge < -0.3 is 40.7 Å². The second kappa shape index (κ2) is 17.5. The van der Waals surface area contributed by atoms with Crippen LogP contribution in [0.3, 0.4) is 0 Å². The molecule has 4 heterocycles. The van der Waals surface area contributed by atoms with Crippen molar-refractivity contribution >= 4 is 47.2 Å². The maximum Gasteiger partial charge on any atom is 0.329 e. The molecule has 0 aromatic heterocycles. The van der Waals surface area contributed by atoms with Gasteiger partial charge in [0.25, 0.3) is 0 Å². The molecule has 4 fully saturated rings. The largest absolute Gasteiger partial charge is 0.458 e. The molecular weight excluding hydrogens is 718 g/mol. The summed E-state index contributed by atoms with van der Waals surface area (Å²) in [4.78, 5) is 102. The fraction of sp³-hybridized carbons (Fsp3) is 0.537. The molecule has 6 rings (SSSR count). The quantitative estimate of drug-likeness (QED) is 0.322. The number of aryl methyl sites for hydroxylation is 1. The molecule has 15 nitrogen and oxygen atoms in total. The number of piperidine rings is 1. The van der Waals surface area contributed by atoms with Gasteiger partial charge in [-0.05, 0) is 82.9 Å². The fourth-order valence-electron chi connectivity index (χ4n) is 8.24. The van der Waals surface area contributed by atoms with Gasteiger partial charge in [-0.25, -0.2) is 9.59 Å². The number of rotatable bonds is 6. The Balaban J connectivity index is 1.32. The minimum absolute atomic E-state index is 0.0541. The second-order valence-corrected chi connectivity index (χ2v) is 15.6. The van der Waals surface area contributed by atoms with Gasteiger partial charge in [-0.1, -0.05) is 55.0 Å². The first-order valence-corrected chi connectivity index (χ1v) is 19.7. The van der Waals surface area contributed by atoms with Crippen LogP contribution in [0.2, 0.25) is 0 Å². The maximum atomic E-state index is 14.7. The van der Waals surface area contributed by atoms with Crippen molar-refractivity contribution in [3.8, 4) is 0 Å². The zero-order valence-corrected chi connectivity index (χ0v) is 32.5. The Bertz CT molecular complexity index is 1810. The van der Waals surface area contributed by atoms with Crippen molar-refractivity contribution < 1.29 is 38.3 Å². The van der Waals surface area contributed by atoms with Crippen molar-refractivity contribution in [3.05, 3.63) is 65.7 Å². The number of hydrogen-bond donors (Lipinski definition) is 4. The highest BCUT2D eigenvalue weighted by atomic mass is 16.5. The molecule has 56 heavy (non-hydrogen) atoms. The molecule has 8 atom stereocenters. The standard InChI is InChI=1S/C41H53N7O8/c1-24-15-17-29(18-16-24)43-41(55)44-30(22-28-11-6-5-7-12-28)35(49)45-34-27(4)56-40(54)33-21-25(2)23-48(33)37(51)26(3)42-36(50)31-13-8-9-19-46(31)38(52)32-14-10-20-47(32)39(34)53/h5-7,11-12,15-18,25-27,30-34H,8-10,13-14,19-23H2,1-4H3,(H,42,50)(H,45,49)(H2,43,44,55)/t25-,26+,27+,30+,31+,32+,33+,34+/m1/s1. The number of amides is 7. The summed E-state index contributed by atoms with van der Waals surface area (Å²) in [6.07, 6.45) is 1.76. The van der Waals surface area contributed by atoms with Crippen molar-refractivity contribution in [2.45, 2.75) is 115 Å². The molecule has 4 saturated heterocycles. The highest BCUT2D eigenvalue weighted by Gasteiger charge is 2.47. The molecule has 2 aromatic carbocycles. The number of carbonyl (C=O) groups is 7. The summed E-state index contributed by atoms with van der Waals surface area (Å²) in [6.45, 7) is 7.67. The van der Waals surface area contributed by atoms with Gasteiger partial charge in [0.1, 0.15) is 42.4 Å². The molecule has 7 amide bonds. The van der Waals surface area contributed by atoms with E-state index in [4.69, 9.17) is 4.74 Å². The number of carbonyl (C=O) groups excluding carboxylic acids is 7. The number of anilines is 1. The molecule has 300 valence electrons. The van der Waals surface area contributed by atoms with Crippen LogP contribution >= 0.6 is 0 Å². The molecule has 0 unspecified atom stereocenters. The predicted molar refractivity (Wildman–Crippen MR) is 206 cm³/mol. The van der Waals surface area contributed by atoms with Crippen molar-refractivity contribution in [2.75, 3.05) is 25.0 Å². The highest BCUT2D eigenvalue weighted by Crippen LogP contribution is 2.29. The van der Waals surface area contributed by atoms with Gasteiger partial charge in [-0.15, -0.1) is 0 Å². The average molecular weight is 772 g/mol. The topological polar surface area (TPSA) is 187 Å². The SMILES string of the molecule is Cc1ccc(NC(=O)N[C@@H](Cc2ccccc2)C(=O)N[C@@H]2C(=O)N3CCC[C@H]3C(=O)N3CCCC[C@H]3C(=O)N[C@@H](C)C(=O)N3C[C@H](C)C[C@H]3C(=O)O[C@H]2C)cc1.